The molecule has 0 amide bonds. The monoisotopic (exact) mass is 590 g/mol. The van der Waals surface area contributed by atoms with Gasteiger partial charge in [-0.15, -0.1) is 23.5 Å². The lowest BCUT2D eigenvalue weighted by atomic mass is 10.1. The molecule has 4 heterocycles. The highest BCUT2D eigenvalue weighted by molar-refractivity contribution is 7.98. The van der Waals surface area contributed by atoms with E-state index < -0.39 is 0 Å². The first-order valence-corrected chi connectivity index (χ1v) is 16.0. The van der Waals surface area contributed by atoms with E-state index in [1.807, 2.05) is 24.4 Å². The molecule has 6 rings (SSSR count). The quantitative estimate of drug-likeness (QED) is 0.133. The predicted octanol–water partition coefficient (Wildman–Crippen LogP) is 5.71. The maximum atomic E-state index is 5.83. The zero-order chi connectivity index (χ0) is 28.0. The molecule has 0 aliphatic carbocycles. The lowest BCUT2D eigenvalue weighted by molar-refractivity contribution is 0.0601. The molecular formula is C30H34N6O3S2. The number of pyridine rings is 1. The summed E-state index contributed by atoms with van der Waals surface area (Å²) in [6.07, 6.45) is 11.9. The summed E-state index contributed by atoms with van der Waals surface area (Å²) < 4.78 is 17.3. The van der Waals surface area contributed by atoms with Crippen LogP contribution in [0.5, 0.6) is 5.75 Å². The van der Waals surface area contributed by atoms with Crippen molar-refractivity contribution < 1.29 is 14.2 Å². The van der Waals surface area contributed by atoms with Crippen molar-refractivity contribution in [1.82, 2.24) is 10.3 Å². The second-order valence-electron chi connectivity index (χ2n) is 9.64. The molecule has 0 bridgehead atoms. The number of ether oxygens (including phenoxy) is 3. The molecular weight excluding hydrogens is 557 g/mol. The Morgan fingerprint density at radius 1 is 0.756 bits per heavy atom. The van der Waals surface area contributed by atoms with E-state index in [1.54, 1.807) is 29.7 Å². The average Bonchev–Trinajstić information content (AvgIpc) is 3.65. The third-order valence-corrected chi connectivity index (χ3v) is 8.42. The van der Waals surface area contributed by atoms with Crippen molar-refractivity contribution in [2.24, 2.45) is 0 Å². The van der Waals surface area contributed by atoms with Crippen LogP contribution in [0.3, 0.4) is 0 Å². The molecule has 1 aromatic heterocycles. The maximum absolute atomic E-state index is 5.83. The van der Waals surface area contributed by atoms with Gasteiger partial charge in [0.25, 0.3) is 0 Å². The number of fused-ring (bicyclic) bond motifs is 2. The Hall–Kier alpha value is -3.67. The zero-order valence-electron chi connectivity index (χ0n) is 23.0. The van der Waals surface area contributed by atoms with Crippen LogP contribution >= 0.6 is 23.5 Å². The summed E-state index contributed by atoms with van der Waals surface area (Å²) in [4.78, 5) is 7.04. The lowest BCUT2D eigenvalue weighted by Crippen LogP contribution is -2.44. The van der Waals surface area contributed by atoms with Gasteiger partial charge in [0.05, 0.1) is 53.9 Å². The second-order valence-corrected chi connectivity index (χ2v) is 11.4. The topological polar surface area (TPSA) is 101 Å². The molecule has 2 aromatic carbocycles. The summed E-state index contributed by atoms with van der Waals surface area (Å²) in [6, 6.07) is 16.8. The van der Waals surface area contributed by atoms with E-state index in [4.69, 9.17) is 14.2 Å². The Bertz CT molecular complexity index is 1420. The molecule has 3 unspecified atom stereocenters. The van der Waals surface area contributed by atoms with Crippen LogP contribution in [0.2, 0.25) is 0 Å². The van der Waals surface area contributed by atoms with E-state index in [-0.39, 0.29) is 18.4 Å². The first-order chi connectivity index (χ1) is 20.2. The lowest BCUT2D eigenvalue weighted by Gasteiger charge is -2.25. The molecule has 3 aliphatic rings. The fraction of sp³-hybridized carbons (Fsp3) is 0.300. The van der Waals surface area contributed by atoms with E-state index in [9.17, 15) is 0 Å². The fourth-order valence-corrected chi connectivity index (χ4v) is 5.68. The number of dihydropyridines is 1. The van der Waals surface area contributed by atoms with Crippen LogP contribution in [0.15, 0.2) is 88.6 Å². The molecule has 3 aromatic rings. The zero-order valence-corrected chi connectivity index (χ0v) is 24.6. The van der Waals surface area contributed by atoms with E-state index in [0.29, 0.717) is 32.2 Å². The van der Waals surface area contributed by atoms with Crippen LogP contribution in [0, 0.1) is 0 Å². The second kappa shape index (κ2) is 12.9. The summed E-state index contributed by atoms with van der Waals surface area (Å²) in [5.41, 5.74) is 5.34. The minimum atomic E-state index is -0.0591. The third kappa shape index (κ3) is 6.64. The predicted molar refractivity (Wildman–Crippen MR) is 168 cm³/mol. The highest BCUT2D eigenvalue weighted by Gasteiger charge is 2.27. The highest BCUT2D eigenvalue weighted by Crippen LogP contribution is 2.37. The van der Waals surface area contributed by atoms with Crippen molar-refractivity contribution in [1.29, 1.82) is 0 Å². The number of hydrogen-bond donors (Lipinski definition) is 5. The Balaban J connectivity index is 0.847. The molecule has 5 N–H and O–H groups in total. The number of allylic oxidation sites excluding steroid dienone is 1. The number of thioether (sulfide) groups is 2. The van der Waals surface area contributed by atoms with Gasteiger partial charge in [-0.3, -0.25) is 4.98 Å². The molecule has 3 atom stereocenters. The first kappa shape index (κ1) is 27.5. The summed E-state index contributed by atoms with van der Waals surface area (Å²) in [5, 5.41) is 17.4. The van der Waals surface area contributed by atoms with Crippen LogP contribution in [0.4, 0.5) is 22.7 Å². The number of aromatic nitrogens is 1. The molecule has 11 heteroatoms. The van der Waals surface area contributed by atoms with Crippen LogP contribution in [-0.4, -0.2) is 56.1 Å². The molecule has 214 valence electrons. The Labute approximate surface area is 248 Å². The van der Waals surface area contributed by atoms with Gasteiger partial charge in [-0.05, 0) is 67.1 Å². The molecule has 3 aliphatic heterocycles. The Morgan fingerprint density at radius 3 is 2.12 bits per heavy atom. The minimum absolute atomic E-state index is 0.0591. The largest absolute Gasteiger partial charge is 0.490 e. The molecule has 0 radical (unpaired) electrons. The number of nitrogens with zero attached hydrogens (tertiary/aromatic N) is 1. The fourth-order valence-electron chi connectivity index (χ4n) is 4.80. The van der Waals surface area contributed by atoms with Gasteiger partial charge in [0.1, 0.15) is 37.1 Å². The van der Waals surface area contributed by atoms with Crippen molar-refractivity contribution in [3.05, 3.63) is 84.5 Å². The average molecular weight is 591 g/mol. The standard InChI is InChI=1S/C30H34N6O3S2/c1-40-21-5-9-23-27(15-21)35-29(33-23)25-7-3-19(17-31-25)38-13-11-37-12-14-39-20-4-8-26(32-18-20)30-34-24-10-6-22(41-2)16-28(24)36-30/h3-10,15-18,25,29-31,33-36H,11-14H2,1-2H3. The molecule has 0 saturated carbocycles. The van der Waals surface area contributed by atoms with Gasteiger partial charge in [-0.2, -0.15) is 0 Å². The number of benzene rings is 2. The van der Waals surface area contributed by atoms with Gasteiger partial charge >= 0.3 is 0 Å². The van der Waals surface area contributed by atoms with Crippen molar-refractivity contribution in [3.63, 3.8) is 0 Å². The van der Waals surface area contributed by atoms with Crippen molar-refractivity contribution >= 4 is 46.3 Å². The third-order valence-electron chi connectivity index (χ3n) is 6.97. The van der Waals surface area contributed by atoms with Gasteiger partial charge in [-0.25, -0.2) is 0 Å². The molecule has 0 fully saturated rings. The van der Waals surface area contributed by atoms with E-state index in [0.717, 1.165) is 34.2 Å². The normalized spacial score (nSPS) is 20.0. The van der Waals surface area contributed by atoms with Crippen molar-refractivity contribution in [3.8, 4) is 5.75 Å². The van der Waals surface area contributed by atoms with Crippen LogP contribution in [-0.2, 0) is 9.47 Å². The minimum Gasteiger partial charge on any atom is -0.490 e. The van der Waals surface area contributed by atoms with E-state index in [2.05, 4.69) is 86.6 Å². The Kier molecular flexibility index (Phi) is 8.64. The van der Waals surface area contributed by atoms with E-state index >= 15 is 0 Å². The van der Waals surface area contributed by atoms with Crippen LogP contribution in [0.25, 0.3) is 0 Å². The van der Waals surface area contributed by atoms with Gasteiger partial charge in [0.2, 0.25) is 0 Å². The summed E-state index contributed by atoms with van der Waals surface area (Å²) >= 11 is 3.47. The Morgan fingerprint density at radius 2 is 1.44 bits per heavy atom. The molecule has 41 heavy (non-hydrogen) atoms. The first-order valence-electron chi connectivity index (χ1n) is 13.5. The maximum Gasteiger partial charge on any atom is 0.141 e. The van der Waals surface area contributed by atoms with Crippen LogP contribution in [0.1, 0.15) is 11.9 Å². The number of hydrogen-bond acceptors (Lipinski definition) is 11. The van der Waals surface area contributed by atoms with Crippen molar-refractivity contribution in [2.45, 2.75) is 28.2 Å². The van der Waals surface area contributed by atoms with Crippen LogP contribution < -0.4 is 31.3 Å². The number of nitrogens with one attached hydrogen (secondary N) is 5. The smallest absolute Gasteiger partial charge is 0.141 e. The van der Waals surface area contributed by atoms with Gasteiger partial charge < -0.3 is 40.8 Å². The van der Waals surface area contributed by atoms with Crippen molar-refractivity contribution in [2.75, 3.05) is 60.2 Å². The van der Waals surface area contributed by atoms with E-state index in [1.165, 1.54) is 9.79 Å². The summed E-state index contributed by atoms with van der Waals surface area (Å²) in [7, 11) is 0. The van der Waals surface area contributed by atoms with Gasteiger partial charge in [0, 0.05) is 16.0 Å². The SMILES string of the molecule is CSc1ccc2c(c1)NC(c1ccc(OCCOCCOC3=CNC(C4Nc5ccc(SC)cc5N4)C=C3)cn1)N2. The van der Waals surface area contributed by atoms with Gasteiger partial charge in [0.15, 0.2) is 0 Å². The molecule has 9 nitrogen and oxygen atoms in total. The molecule has 0 spiro atoms. The number of anilines is 4. The summed E-state index contributed by atoms with van der Waals surface area (Å²) in [6.45, 7) is 1.85. The highest BCUT2D eigenvalue weighted by atomic mass is 32.2. The van der Waals surface area contributed by atoms with Gasteiger partial charge in [-0.1, -0.05) is 6.08 Å². The molecule has 0 saturated heterocycles. The summed E-state index contributed by atoms with van der Waals surface area (Å²) in [5.74, 6) is 1.50. The number of rotatable bonds is 12.